The summed E-state index contributed by atoms with van der Waals surface area (Å²) in [5.41, 5.74) is 0.724. The second kappa shape index (κ2) is 6.51. The van der Waals surface area contributed by atoms with Gasteiger partial charge in [0.05, 0.1) is 5.38 Å². The minimum atomic E-state index is -4.17. The highest BCUT2D eigenvalue weighted by atomic mass is 35.5. The van der Waals surface area contributed by atoms with E-state index in [1.807, 2.05) is 0 Å². The fourth-order valence-corrected chi connectivity index (χ4v) is 3.17. The summed E-state index contributed by atoms with van der Waals surface area (Å²) < 4.78 is 52.7. The van der Waals surface area contributed by atoms with Crippen molar-refractivity contribution in [1.82, 2.24) is 4.72 Å². The van der Waals surface area contributed by atoms with Crippen molar-refractivity contribution in [2.75, 3.05) is 6.54 Å². The number of sulfonamides is 1. The molecule has 2 aromatic rings. The minimum Gasteiger partial charge on any atom is -0.209 e. The lowest BCUT2D eigenvalue weighted by atomic mass is 10.1. The van der Waals surface area contributed by atoms with Crippen LogP contribution in [0.1, 0.15) is 10.9 Å². The van der Waals surface area contributed by atoms with Crippen molar-refractivity contribution in [2.24, 2.45) is 0 Å². The standard InChI is InChI=1S/C14H12ClF2NO2S/c15-12(10-4-2-1-3-5-10)9-18-21(19,20)14-8-11(16)6-7-13(14)17/h1-8,12,18H,9H2. The van der Waals surface area contributed by atoms with E-state index >= 15 is 0 Å². The molecule has 1 atom stereocenters. The Morgan fingerprint density at radius 1 is 1.10 bits per heavy atom. The molecule has 0 bridgehead atoms. The quantitative estimate of drug-likeness (QED) is 0.855. The Balaban J connectivity index is 2.13. The van der Waals surface area contributed by atoms with E-state index in [4.69, 9.17) is 11.6 Å². The molecule has 0 saturated heterocycles. The third-order valence-electron chi connectivity index (χ3n) is 2.80. The second-order valence-corrected chi connectivity index (χ2v) is 6.57. The predicted molar refractivity (Wildman–Crippen MR) is 76.6 cm³/mol. The van der Waals surface area contributed by atoms with Crippen LogP contribution < -0.4 is 4.72 Å². The second-order valence-electron chi connectivity index (χ2n) is 4.30. The number of hydrogen-bond donors (Lipinski definition) is 1. The molecule has 21 heavy (non-hydrogen) atoms. The number of hydrogen-bond acceptors (Lipinski definition) is 2. The molecule has 0 amide bonds. The van der Waals surface area contributed by atoms with Crippen molar-refractivity contribution in [3.8, 4) is 0 Å². The molecule has 0 spiro atoms. The maximum Gasteiger partial charge on any atom is 0.243 e. The molecule has 1 N–H and O–H groups in total. The van der Waals surface area contributed by atoms with Gasteiger partial charge in [0.15, 0.2) is 0 Å². The molecule has 112 valence electrons. The maximum atomic E-state index is 13.5. The van der Waals surface area contributed by atoms with Crippen LogP contribution in [0.2, 0.25) is 0 Å². The largest absolute Gasteiger partial charge is 0.243 e. The first-order valence-electron chi connectivity index (χ1n) is 6.04. The first-order valence-corrected chi connectivity index (χ1v) is 7.96. The van der Waals surface area contributed by atoms with Gasteiger partial charge in [0.25, 0.3) is 0 Å². The van der Waals surface area contributed by atoms with Crippen LogP contribution in [0.5, 0.6) is 0 Å². The Morgan fingerprint density at radius 2 is 1.76 bits per heavy atom. The minimum absolute atomic E-state index is 0.135. The van der Waals surface area contributed by atoms with E-state index in [1.165, 1.54) is 0 Å². The highest BCUT2D eigenvalue weighted by molar-refractivity contribution is 7.89. The summed E-state index contributed by atoms with van der Waals surface area (Å²) in [6.45, 7) is -0.135. The monoisotopic (exact) mass is 331 g/mol. The van der Waals surface area contributed by atoms with E-state index in [2.05, 4.69) is 4.72 Å². The van der Waals surface area contributed by atoms with Crippen LogP contribution in [0, 0.1) is 11.6 Å². The van der Waals surface area contributed by atoms with Gasteiger partial charge in [-0.1, -0.05) is 30.3 Å². The predicted octanol–water partition coefficient (Wildman–Crippen LogP) is 3.22. The van der Waals surface area contributed by atoms with Crippen molar-refractivity contribution < 1.29 is 17.2 Å². The highest BCUT2D eigenvalue weighted by Crippen LogP contribution is 2.21. The van der Waals surface area contributed by atoms with Gasteiger partial charge in [-0.05, 0) is 23.8 Å². The summed E-state index contributed by atoms with van der Waals surface area (Å²) in [5, 5.41) is -0.613. The number of halogens is 3. The van der Waals surface area contributed by atoms with Crippen LogP contribution in [-0.2, 0) is 10.0 Å². The SMILES string of the molecule is O=S(=O)(NCC(Cl)c1ccccc1)c1cc(F)ccc1F. The average molecular weight is 332 g/mol. The van der Waals surface area contributed by atoms with Gasteiger partial charge < -0.3 is 0 Å². The van der Waals surface area contributed by atoms with Crippen LogP contribution >= 0.6 is 11.6 Å². The Kier molecular flexibility index (Phi) is 4.92. The molecule has 0 aliphatic heterocycles. The molecule has 0 aliphatic rings. The number of rotatable bonds is 5. The van der Waals surface area contributed by atoms with Gasteiger partial charge in [-0.25, -0.2) is 21.9 Å². The van der Waals surface area contributed by atoms with Crippen molar-refractivity contribution in [3.05, 3.63) is 65.7 Å². The topological polar surface area (TPSA) is 46.2 Å². The first-order chi connectivity index (χ1) is 9.90. The molecule has 7 heteroatoms. The molecule has 0 aromatic heterocycles. The summed E-state index contributed by atoms with van der Waals surface area (Å²) in [6.07, 6.45) is 0. The Labute approximate surface area is 126 Å². The van der Waals surface area contributed by atoms with Gasteiger partial charge in [-0.2, -0.15) is 0 Å². The molecule has 0 fully saturated rings. The molecule has 2 aromatic carbocycles. The van der Waals surface area contributed by atoms with Gasteiger partial charge in [-0.3, -0.25) is 0 Å². The number of alkyl halides is 1. The van der Waals surface area contributed by atoms with E-state index in [-0.39, 0.29) is 6.54 Å². The van der Waals surface area contributed by atoms with E-state index in [0.717, 1.165) is 17.7 Å². The van der Waals surface area contributed by atoms with Gasteiger partial charge in [0.1, 0.15) is 16.5 Å². The number of nitrogens with one attached hydrogen (secondary N) is 1. The van der Waals surface area contributed by atoms with Gasteiger partial charge in [0.2, 0.25) is 10.0 Å². The molecule has 0 aliphatic carbocycles. The summed E-state index contributed by atoms with van der Waals surface area (Å²) in [7, 11) is -4.17. The Hall–Kier alpha value is -1.50. The van der Waals surface area contributed by atoms with Gasteiger partial charge in [0, 0.05) is 6.54 Å². The molecule has 2 rings (SSSR count). The van der Waals surface area contributed by atoms with Crippen molar-refractivity contribution in [2.45, 2.75) is 10.3 Å². The Bertz CT molecular complexity index is 723. The molecule has 3 nitrogen and oxygen atoms in total. The van der Waals surface area contributed by atoms with Gasteiger partial charge >= 0.3 is 0 Å². The lowest BCUT2D eigenvalue weighted by Crippen LogP contribution is -2.28. The third-order valence-corrected chi connectivity index (χ3v) is 4.64. The zero-order valence-corrected chi connectivity index (χ0v) is 12.3. The van der Waals surface area contributed by atoms with Gasteiger partial charge in [-0.15, -0.1) is 11.6 Å². The average Bonchev–Trinajstić information content (AvgIpc) is 2.48. The summed E-state index contributed by atoms with van der Waals surface area (Å²) in [6, 6.07) is 11.1. The van der Waals surface area contributed by atoms with Crippen molar-refractivity contribution in [3.63, 3.8) is 0 Å². The highest BCUT2D eigenvalue weighted by Gasteiger charge is 2.21. The normalized spacial score (nSPS) is 13.1. The molecule has 0 radical (unpaired) electrons. The smallest absolute Gasteiger partial charge is 0.209 e. The molecular weight excluding hydrogens is 320 g/mol. The van der Waals surface area contributed by atoms with Crippen LogP contribution in [0.3, 0.4) is 0 Å². The lowest BCUT2D eigenvalue weighted by molar-refractivity contribution is 0.545. The molecular formula is C14H12ClF2NO2S. The first kappa shape index (κ1) is 15.9. The van der Waals surface area contributed by atoms with Crippen LogP contribution in [0.15, 0.2) is 53.4 Å². The van der Waals surface area contributed by atoms with Crippen LogP contribution in [-0.4, -0.2) is 15.0 Å². The van der Waals surface area contributed by atoms with Crippen LogP contribution in [0.4, 0.5) is 8.78 Å². The summed E-state index contributed by atoms with van der Waals surface area (Å²) in [5.74, 6) is -1.85. The molecule has 1 unspecified atom stereocenters. The zero-order valence-electron chi connectivity index (χ0n) is 10.8. The summed E-state index contributed by atoms with van der Waals surface area (Å²) >= 11 is 6.08. The fraction of sp³-hybridized carbons (Fsp3) is 0.143. The number of benzene rings is 2. The van der Waals surface area contributed by atoms with E-state index in [0.29, 0.717) is 6.07 Å². The van der Waals surface area contributed by atoms with Crippen molar-refractivity contribution >= 4 is 21.6 Å². The van der Waals surface area contributed by atoms with E-state index in [9.17, 15) is 17.2 Å². The van der Waals surface area contributed by atoms with E-state index in [1.54, 1.807) is 30.3 Å². The third kappa shape index (κ3) is 4.00. The Morgan fingerprint density at radius 3 is 2.43 bits per heavy atom. The lowest BCUT2D eigenvalue weighted by Gasteiger charge is -2.12. The fourth-order valence-electron chi connectivity index (χ4n) is 1.72. The summed E-state index contributed by atoms with van der Waals surface area (Å²) in [4.78, 5) is -0.737. The zero-order chi connectivity index (χ0) is 15.5. The molecule has 0 saturated carbocycles. The van der Waals surface area contributed by atoms with Crippen molar-refractivity contribution in [1.29, 1.82) is 0 Å². The van der Waals surface area contributed by atoms with E-state index < -0.39 is 31.9 Å². The van der Waals surface area contributed by atoms with Crippen LogP contribution in [0.25, 0.3) is 0 Å². The maximum absolute atomic E-state index is 13.5. The molecule has 0 heterocycles.